The number of allylic oxidation sites excluding steroid dienone is 1. The van der Waals surface area contributed by atoms with Crippen molar-refractivity contribution in [2.24, 2.45) is 9.98 Å². The number of hydrogen-bond donors (Lipinski definition) is 2. The lowest BCUT2D eigenvalue weighted by molar-refractivity contribution is 0.199. The van der Waals surface area contributed by atoms with Gasteiger partial charge in [0.15, 0.2) is 0 Å². The van der Waals surface area contributed by atoms with E-state index in [9.17, 15) is 0 Å². The molecular formula is C11H20N4S2. The zero-order chi connectivity index (χ0) is 12.7. The second kappa shape index (κ2) is 7.08. The monoisotopic (exact) mass is 272 g/mol. The minimum atomic E-state index is 0.161. The van der Waals surface area contributed by atoms with Gasteiger partial charge >= 0.3 is 0 Å². The van der Waals surface area contributed by atoms with Crippen molar-refractivity contribution in [3.63, 3.8) is 0 Å². The van der Waals surface area contributed by atoms with Crippen LogP contribution in [0.1, 0.15) is 19.8 Å². The van der Waals surface area contributed by atoms with E-state index in [0.717, 1.165) is 31.8 Å². The SMILES string of the molecule is C=N/C(=C\C=NC)N1CCC(C)(NSS)CC1. The highest BCUT2D eigenvalue weighted by Crippen LogP contribution is 2.26. The zero-order valence-corrected chi connectivity index (χ0v) is 12.1. The lowest BCUT2D eigenvalue weighted by Gasteiger charge is -2.40. The number of nitrogens with one attached hydrogen (secondary N) is 1. The van der Waals surface area contributed by atoms with Gasteiger partial charge in [0.05, 0.1) is 0 Å². The maximum absolute atomic E-state index is 4.15. The van der Waals surface area contributed by atoms with E-state index >= 15 is 0 Å². The molecule has 0 aliphatic carbocycles. The number of thiol groups is 1. The highest BCUT2D eigenvalue weighted by Gasteiger charge is 2.30. The summed E-state index contributed by atoms with van der Waals surface area (Å²) in [4.78, 5) is 10.2. The van der Waals surface area contributed by atoms with E-state index in [1.807, 2.05) is 6.08 Å². The third-order valence-corrected chi connectivity index (χ3v) is 3.88. The van der Waals surface area contributed by atoms with Gasteiger partial charge in [0.2, 0.25) is 0 Å². The van der Waals surface area contributed by atoms with Gasteiger partial charge in [-0.3, -0.25) is 4.99 Å². The smallest absolute Gasteiger partial charge is 0.129 e. The van der Waals surface area contributed by atoms with Crippen molar-refractivity contribution in [1.82, 2.24) is 9.62 Å². The summed E-state index contributed by atoms with van der Waals surface area (Å²) in [5.74, 6) is 0.899. The normalized spacial score (nSPS) is 20.9. The molecule has 1 saturated heterocycles. The van der Waals surface area contributed by atoms with Crippen LogP contribution in [0.4, 0.5) is 0 Å². The molecule has 0 aromatic carbocycles. The van der Waals surface area contributed by atoms with E-state index in [1.165, 1.54) is 11.0 Å². The van der Waals surface area contributed by atoms with E-state index in [2.05, 4.69) is 44.9 Å². The molecule has 0 aromatic rings. The van der Waals surface area contributed by atoms with Crippen LogP contribution in [0.15, 0.2) is 21.9 Å². The number of aliphatic imine (C=N–C) groups is 2. The van der Waals surface area contributed by atoms with Gasteiger partial charge in [-0.25, -0.2) is 9.71 Å². The van der Waals surface area contributed by atoms with Crippen LogP contribution in [-0.2, 0) is 0 Å². The van der Waals surface area contributed by atoms with Crippen LogP contribution in [-0.4, -0.2) is 43.5 Å². The third kappa shape index (κ3) is 4.37. The van der Waals surface area contributed by atoms with Crippen molar-refractivity contribution in [2.75, 3.05) is 20.1 Å². The standard InChI is InChI=1S/C11H20N4S2/c1-11(14-17-16)5-8-15(9-6-11)10(13-3)4-7-12-2/h4,7,14,16H,3,5-6,8-9H2,1-2H3/b10-4+,12-7?. The van der Waals surface area contributed by atoms with Crippen molar-refractivity contribution in [2.45, 2.75) is 25.3 Å². The first kappa shape index (κ1) is 14.6. The summed E-state index contributed by atoms with van der Waals surface area (Å²) in [6.45, 7) is 7.78. The molecule has 1 rings (SSSR count). The molecule has 6 heteroatoms. The van der Waals surface area contributed by atoms with Crippen molar-refractivity contribution in [1.29, 1.82) is 0 Å². The Balaban J connectivity index is 2.58. The fourth-order valence-electron chi connectivity index (χ4n) is 1.84. The van der Waals surface area contributed by atoms with Gasteiger partial charge < -0.3 is 4.90 Å². The van der Waals surface area contributed by atoms with Crippen LogP contribution >= 0.6 is 22.6 Å². The fourth-order valence-corrected chi connectivity index (χ4v) is 2.93. The van der Waals surface area contributed by atoms with E-state index in [1.54, 1.807) is 13.3 Å². The molecule has 1 fully saturated rings. The third-order valence-electron chi connectivity index (χ3n) is 3.02. The van der Waals surface area contributed by atoms with Gasteiger partial charge in [-0.15, -0.1) is 0 Å². The molecule has 0 atom stereocenters. The van der Waals surface area contributed by atoms with E-state index in [0.29, 0.717) is 0 Å². The largest absolute Gasteiger partial charge is 0.356 e. The Morgan fingerprint density at radius 1 is 1.53 bits per heavy atom. The lowest BCUT2D eigenvalue weighted by Crippen LogP contribution is -2.48. The predicted octanol–water partition coefficient (Wildman–Crippen LogP) is 2.17. The fraction of sp³-hybridized carbons (Fsp3) is 0.636. The number of likely N-dealkylation sites (tertiary alicyclic amines) is 1. The first-order chi connectivity index (χ1) is 8.15. The summed E-state index contributed by atoms with van der Waals surface area (Å²) in [6, 6.07) is 0. The molecule has 4 nitrogen and oxygen atoms in total. The minimum Gasteiger partial charge on any atom is -0.356 e. The first-order valence-corrected chi connectivity index (χ1v) is 7.44. The van der Waals surface area contributed by atoms with Gasteiger partial charge in [0, 0.05) is 31.9 Å². The van der Waals surface area contributed by atoms with Crippen LogP contribution < -0.4 is 4.72 Å². The maximum atomic E-state index is 4.15. The van der Waals surface area contributed by atoms with E-state index < -0.39 is 0 Å². The van der Waals surface area contributed by atoms with Crippen LogP contribution in [0, 0.1) is 0 Å². The molecule has 1 aliphatic rings. The first-order valence-electron chi connectivity index (χ1n) is 5.57. The topological polar surface area (TPSA) is 40.0 Å². The zero-order valence-electron chi connectivity index (χ0n) is 10.4. The van der Waals surface area contributed by atoms with Gasteiger partial charge in [0.1, 0.15) is 5.82 Å². The molecule has 96 valence electrons. The number of rotatable bonds is 5. The molecule has 0 amide bonds. The molecule has 1 N–H and O–H groups in total. The van der Waals surface area contributed by atoms with Crippen LogP contribution in [0.2, 0.25) is 0 Å². The Kier molecular flexibility index (Phi) is 6.08. The number of piperidine rings is 1. The molecule has 1 aliphatic heterocycles. The minimum absolute atomic E-state index is 0.161. The average molecular weight is 272 g/mol. The Bertz CT molecular complexity index is 307. The summed E-state index contributed by atoms with van der Waals surface area (Å²) in [5, 5.41) is 0. The molecule has 1 heterocycles. The number of nitrogens with zero attached hydrogens (tertiary/aromatic N) is 3. The van der Waals surface area contributed by atoms with Gasteiger partial charge in [-0.05, 0) is 43.5 Å². The summed E-state index contributed by atoms with van der Waals surface area (Å²) >= 11 is 4.15. The summed E-state index contributed by atoms with van der Waals surface area (Å²) < 4.78 is 3.34. The summed E-state index contributed by atoms with van der Waals surface area (Å²) in [7, 11) is 3.14. The summed E-state index contributed by atoms with van der Waals surface area (Å²) in [5.41, 5.74) is 0.161. The van der Waals surface area contributed by atoms with Gasteiger partial charge in [0.25, 0.3) is 0 Å². The van der Waals surface area contributed by atoms with Crippen molar-refractivity contribution >= 4 is 35.6 Å². The van der Waals surface area contributed by atoms with Crippen LogP contribution in [0.3, 0.4) is 0 Å². The van der Waals surface area contributed by atoms with Gasteiger partial charge in [-0.2, -0.15) is 0 Å². The maximum Gasteiger partial charge on any atom is 0.129 e. The molecule has 0 bridgehead atoms. The summed E-state index contributed by atoms with van der Waals surface area (Å²) in [6.07, 6.45) is 5.78. The molecule has 0 radical (unpaired) electrons. The number of hydrogen-bond acceptors (Lipinski definition) is 6. The van der Waals surface area contributed by atoms with Crippen LogP contribution in [0.25, 0.3) is 0 Å². The molecule has 0 aromatic heterocycles. The Labute approximate surface area is 113 Å². The lowest BCUT2D eigenvalue weighted by atomic mass is 9.91. The quantitative estimate of drug-likeness (QED) is 0.349. The molecule has 0 spiro atoms. The molecular weight excluding hydrogens is 252 g/mol. The second-order valence-corrected chi connectivity index (χ2v) is 5.27. The Morgan fingerprint density at radius 2 is 2.18 bits per heavy atom. The predicted molar refractivity (Wildman–Crippen MR) is 81.0 cm³/mol. The Hall–Kier alpha value is -0.460. The Morgan fingerprint density at radius 3 is 2.65 bits per heavy atom. The molecule has 17 heavy (non-hydrogen) atoms. The van der Waals surface area contributed by atoms with Crippen LogP contribution in [0.5, 0.6) is 0 Å². The van der Waals surface area contributed by atoms with Crippen molar-refractivity contribution in [3.8, 4) is 0 Å². The second-order valence-electron chi connectivity index (χ2n) is 4.33. The highest BCUT2D eigenvalue weighted by atomic mass is 33.1. The van der Waals surface area contributed by atoms with Crippen molar-refractivity contribution in [3.05, 3.63) is 11.9 Å². The van der Waals surface area contributed by atoms with E-state index in [-0.39, 0.29) is 5.54 Å². The molecule has 0 saturated carbocycles. The highest BCUT2D eigenvalue weighted by molar-refractivity contribution is 8.67. The van der Waals surface area contributed by atoms with Gasteiger partial charge in [-0.1, -0.05) is 11.7 Å². The molecule has 0 unspecified atom stereocenters. The van der Waals surface area contributed by atoms with E-state index in [4.69, 9.17) is 0 Å². The van der Waals surface area contributed by atoms with Crippen molar-refractivity contribution < 1.29 is 0 Å². The average Bonchev–Trinajstić information content (AvgIpc) is 2.32.